The first-order valence-electron chi connectivity index (χ1n) is 8.64. The summed E-state index contributed by atoms with van der Waals surface area (Å²) in [5, 5.41) is 31.0. The molecule has 0 aliphatic carbocycles. The van der Waals surface area contributed by atoms with Crippen LogP contribution < -0.4 is 5.73 Å². The zero-order valence-electron chi connectivity index (χ0n) is 15.0. The van der Waals surface area contributed by atoms with Gasteiger partial charge >= 0.3 is 0 Å². The number of pyridine rings is 1. The number of nitrogen functional groups attached to an aromatic ring is 1. The van der Waals surface area contributed by atoms with Crippen molar-refractivity contribution < 1.29 is 20.1 Å². The van der Waals surface area contributed by atoms with E-state index in [0.29, 0.717) is 22.3 Å². The largest absolute Gasteiger partial charge is 0.394 e. The van der Waals surface area contributed by atoms with Crippen LogP contribution >= 0.6 is 0 Å². The Morgan fingerprint density at radius 3 is 2.79 bits per heavy atom. The van der Waals surface area contributed by atoms with E-state index in [9.17, 15) is 15.3 Å². The molecule has 1 fully saturated rings. The third-order valence-electron chi connectivity index (χ3n) is 4.82. The number of anilines is 1. The van der Waals surface area contributed by atoms with E-state index in [1.807, 2.05) is 6.07 Å². The van der Waals surface area contributed by atoms with Crippen molar-refractivity contribution in [3.8, 4) is 11.8 Å². The second-order valence-corrected chi connectivity index (χ2v) is 6.75. The molecule has 5 N–H and O–H groups in total. The van der Waals surface area contributed by atoms with Crippen LogP contribution in [0.2, 0.25) is 0 Å². The minimum Gasteiger partial charge on any atom is -0.394 e. The van der Waals surface area contributed by atoms with Gasteiger partial charge in [-0.05, 0) is 25.0 Å². The van der Waals surface area contributed by atoms with Crippen LogP contribution in [0.25, 0.3) is 11.0 Å². The van der Waals surface area contributed by atoms with Gasteiger partial charge in [-0.3, -0.25) is 0 Å². The molecule has 1 aliphatic heterocycles. The Balaban J connectivity index is 1.85. The van der Waals surface area contributed by atoms with Crippen LogP contribution in [0.1, 0.15) is 24.4 Å². The summed E-state index contributed by atoms with van der Waals surface area (Å²) in [7, 11) is 0. The van der Waals surface area contributed by atoms with Gasteiger partial charge in [0.1, 0.15) is 41.3 Å². The van der Waals surface area contributed by atoms with Gasteiger partial charge in [-0.15, -0.1) is 0 Å². The van der Waals surface area contributed by atoms with E-state index in [1.54, 1.807) is 29.1 Å². The van der Waals surface area contributed by atoms with Crippen molar-refractivity contribution in [2.24, 2.45) is 0 Å². The third-order valence-corrected chi connectivity index (χ3v) is 4.82. The lowest BCUT2D eigenvalue weighted by molar-refractivity contribution is -0.0948. The molecule has 0 bridgehead atoms. The molecule has 0 saturated carbocycles. The Hall–Kier alpha value is -3.03. The Morgan fingerprint density at radius 2 is 2.11 bits per heavy atom. The number of rotatable bonds is 2. The van der Waals surface area contributed by atoms with Gasteiger partial charge in [0, 0.05) is 12.4 Å². The van der Waals surface area contributed by atoms with Crippen LogP contribution in [-0.2, 0) is 4.74 Å². The van der Waals surface area contributed by atoms with Crippen molar-refractivity contribution in [1.82, 2.24) is 19.5 Å². The molecule has 3 unspecified atom stereocenters. The van der Waals surface area contributed by atoms with Crippen molar-refractivity contribution in [1.29, 1.82) is 0 Å². The number of hydrogen-bond acceptors (Lipinski definition) is 8. The molecule has 3 aromatic heterocycles. The molecule has 0 radical (unpaired) electrons. The standard InChI is InChI=1S/C19H19N5O4/c1-19(27)15(26)13(9-25)28-18(19)24-8-11(5-6-12-4-2-3-7-21-12)14-16(20)22-10-23-17(14)24/h2-4,7-8,10,13,15,18,25-27H,9H2,1H3,(H2,20,22,23)/t13?,15?,18?,19-/m1/s1. The molecule has 0 aromatic carbocycles. The molecule has 0 amide bonds. The number of nitrogens with two attached hydrogens (primary N) is 1. The van der Waals surface area contributed by atoms with Crippen molar-refractivity contribution in [2.45, 2.75) is 31.0 Å². The smallest absolute Gasteiger partial charge is 0.167 e. The molecule has 9 heteroatoms. The first-order valence-corrected chi connectivity index (χ1v) is 8.64. The molecule has 9 nitrogen and oxygen atoms in total. The van der Waals surface area contributed by atoms with Gasteiger partial charge in [0.2, 0.25) is 0 Å². The second-order valence-electron chi connectivity index (χ2n) is 6.75. The molecule has 1 aliphatic rings. The highest BCUT2D eigenvalue weighted by Crippen LogP contribution is 2.40. The lowest BCUT2D eigenvalue weighted by Gasteiger charge is -2.27. The van der Waals surface area contributed by atoms with E-state index >= 15 is 0 Å². The minimum atomic E-state index is -1.66. The van der Waals surface area contributed by atoms with Gasteiger partial charge in [-0.1, -0.05) is 12.0 Å². The summed E-state index contributed by atoms with van der Waals surface area (Å²) < 4.78 is 7.25. The number of aliphatic hydroxyl groups is 3. The SMILES string of the molecule is C[C@@]1(O)C(O)C(CO)OC1n1cc(C#Cc2ccccn2)c2c(N)ncnc21. The lowest BCUT2D eigenvalue weighted by Crippen LogP contribution is -2.44. The Morgan fingerprint density at radius 1 is 1.29 bits per heavy atom. The van der Waals surface area contributed by atoms with Crippen LogP contribution in [0.3, 0.4) is 0 Å². The second kappa shape index (κ2) is 6.85. The molecule has 1 saturated heterocycles. The highest BCUT2D eigenvalue weighted by Gasteiger charge is 2.53. The topological polar surface area (TPSA) is 140 Å². The molecule has 144 valence electrons. The molecule has 4 heterocycles. The molecular weight excluding hydrogens is 362 g/mol. The monoisotopic (exact) mass is 381 g/mol. The molecule has 4 atom stereocenters. The average Bonchev–Trinajstić information content (AvgIpc) is 3.17. The predicted molar refractivity (Wildman–Crippen MR) is 99.8 cm³/mol. The van der Waals surface area contributed by atoms with Crippen LogP contribution in [0.15, 0.2) is 36.9 Å². The van der Waals surface area contributed by atoms with Crippen LogP contribution in [0.5, 0.6) is 0 Å². The van der Waals surface area contributed by atoms with E-state index in [1.165, 1.54) is 13.3 Å². The summed E-state index contributed by atoms with van der Waals surface area (Å²) in [6.45, 7) is 1.00. The van der Waals surface area contributed by atoms with Crippen LogP contribution in [0.4, 0.5) is 5.82 Å². The summed E-state index contributed by atoms with van der Waals surface area (Å²) in [4.78, 5) is 12.4. The van der Waals surface area contributed by atoms with Crippen LogP contribution in [-0.4, -0.2) is 59.3 Å². The van der Waals surface area contributed by atoms with Gasteiger partial charge in [0.15, 0.2) is 6.23 Å². The molecule has 3 aromatic rings. The fraction of sp³-hybridized carbons (Fsp3) is 0.316. The first kappa shape index (κ1) is 18.3. The van der Waals surface area contributed by atoms with Gasteiger partial charge in [-0.25, -0.2) is 15.0 Å². The first-order chi connectivity index (χ1) is 13.4. The lowest BCUT2D eigenvalue weighted by atomic mass is 9.96. The van der Waals surface area contributed by atoms with Gasteiger partial charge in [-0.2, -0.15) is 0 Å². The molecule has 28 heavy (non-hydrogen) atoms. The number of aliphatic hydroxyl groups excluding tert-OH is 2. The summed E-state index contributed by atoms with van der Waals surface area (Å²) in [6, 6.07) is 5.40. The average molecular weight is 381 g/mol. The molecule has 4 rings (SSSR count). The molecular formula is C19H19N5O4. The Labute approximate surface area is 160 Å². The quantitative estimate of drug-likeness (QED) is 0.448. The fourth-order valence-corrected chi connectivity index (χ4v) is 3.34. The van der Waals surface area contributed by atoms with E-state index in [2.05, 4.69) is 26.8 Å². The normalized spacial score (nSPS) is 26.9. The van der Waals surface area contributed by atoms with Crippen molar-refractivity contribution >= 4 is 16.9 Å². The van der Waals surface area contributed by atoms with E-state index in [4.69, 9.17) is 10.5 Å². The summed E-state index contributed by atoms with van der Waals surface area (Å²) in [5.74, 6) is 6.19. The van der Waals surface area contributed by atoms with Crippen molar-refractivity contribution in [3.05, 3.63) is 48.2 Å². The number of ether oxygens (including phenoxy) is 1. The fourth-order valence-electron chi connectivity index (χ4n) is 3.34. The minimum absolute atomic E-state index is 0.228. The van der Waals surface area contributed by atoms with Gasteiger partial charge in [0.25, 0.3) is 0 Å². The summed E-state index contributed by atoms with van der Waals surface area (Å²) in [5.41, 5.74) is 5.89. The van der Waals surface area contributed by atoms with Gasteiger partial charge in [0.05, 0.1) is 17.6 Å². The number of hydrogen-bond donors (Lipinski definition) is 4. The maximum Gasteiger partial charge on any atom is 0.167 e. The zero-order chi connectivity index (χ0) is 19.9. The number of fused-ring (bicyclic) bond motifs is 1. The summed E-state index contributed by atoms with van der Waals surface area (Å²) >= 11 is 0. The zero-order valence-corrected chi connectivity index (χ0v) is 15.0. The Bertz CT molecular complexity index is 1070. The van der Waals surface area contributed by atoms with Crippen molar-refractivity contribution in [3.63, 3.8) is 0 Å². The van der Waals surface area contributed by atoms with Crippen molar-refractivity contribution in [2.75, 3.05) is 12.3 Å². The maximum atomic E-state index is 10.8. The van der Waals surface area contributed by atoms with E-state index in [-0.39, 0.29) is 5.82 Å². The number of nitrogens with zero attached hydrogens (tertiary/aromatic N) is 4. The van der Waals surface area contributed by atoms with Crippen LogP contribution in [0, 0.1) is 11.8 Å². The highest BCUT2D eigenvalue weighted by atomic mass is 16.6. The summed E-state index contributed by atoms with van der Waals surface area (Å²) in [6.07, 6.45) is 1.37. The van der Waals surface area contributed by atoms with E-state index in [0.717, 1.165) is 0 Å². The number of aromatic nitrogens is 4. The Kier molecular flexibility index (Phi) is 4.49. The third kappa shape index (κ3) is 2.89. The maximum absolute atomic E-state index is 10.8. The predicted octanol–water partition coefficient (Wildman–Crippen LogP) is -0.190. The highest BCUT2D eigenvalue weighted by molar-refractivity contribution is 5.92. The van der Waals surface area contributed by atoms with Gasteiger partial charge < -0.3 is 30.4 Å². The van der Waals surface area contributed by atoms with E-state index < -0.39 is 30.6 Å². The molecule has 0 spiro atoms.